The molecule has 1 fully saturated rings. The largest absolute Gasteiger partial charge is 0.487 e. The fourth-order valence-electron chi connectivity index (χ4n) is 5.85. The van der Waals surface area contributed by atoms with Crippen molar-refractivity contribution in [2.75, 3.05) is 23.8 Å². The summed E-state index contributed by atoms with van der Waals surface area (Å²) < 4.78 is 26.2. The highest BCUT2D eigenvalue weighted by Crippen LogP contribution is 2.47. The third kappa shape index (κ3) is 5.20. The van der Waals surface area contributed by atoms with Crippen molar-refractivity contribution in [2.24, 2.45) is 0 Å². The number of aliphatic hydroxyl groups excluding tert-OH is 1. The second kappa shape index (κ2) is 10.7. The van der Waals surface area contributed by atoms with Gasteiger partial charge in [0.1, 0.15) is 23.8 Å². The minimum absolute atomic E-state index is 0.0315. The minimum Gasteiger partial charge on any atom is -0.487 e. The normalized spacial score (nSPS) is 23.2. The molecule has 0 saturated carbocycles. The van der Waals surface area contributed by atoms with Crippen LogP contribution in [0, 0.1) is 5.82 Å². The van der Waals surface area contributed by atoms with E-state index in [0.717, 1.165) is 12.0 Å². The summed E-state index contributed by atoms with van der Waals surface area (Å²) in [6.07, 6.45) is 0.273. The molecule has 8 nitrogen and oxygen atoms in total. The van der Waals surface area contributed by atoms with Gasteiger partial charge in [-0.25, -0.2) is 9.18 Å². The molecule has 0 spiro atoms. The van der Waals surface area contributed by atoms with Gasteiger partial charge in [-0.2, -0.15) is 0 Å². The Morgan fingerprint density at radius 2 is 1.82 bits per heavy atom. The van der Waals surface area contributed by atoms with Crippen LogP contribution in [0.5, 0.6) is 5.75 Å². The van der Waals surface area contributed by atoms with Crippen LogP contribution >= 0.6 is 0 Å². The number of halogens is 1. The van der Waals surface area contributed by atoms with Crippen LogP contribution in [0.1, 0.15) is 35.4 Å². The summed E-state index contributed by atoms with van der Waals surface area (Å²) in [6.45, 7) is 1.04. The van der Waals surface area contributed by atoms with Crippen molar-refractivity contribution >= 4 is 23.3 Å². The molecule has 3 aliphatic heterocycles. The number of benzene rings is 3. The van der Waals surface area contributed by atoms with E-state index in [1.165, 1.54) is 23.3 Å². The van der Waals surface area contributed by atoms with E-state index in [9.17, 15) is 19.1 Å². The molecule has 0 bridgehead atoms. The molecule has 3 aromatic carbocycles. The first kappa shape index (κ1) is 25.3. The van der Waals surface area contributed by atoms with E-state index in [-0.39, 0.29) is 42.7 Å². The number of hydrogen-bond acceptors (Lipinski definition) is 5. The second-order valence-electron chi connectivity index (χ2n) is 10.3. The standard InChI is InChI=1S/C30H30FN3O5/c31-24-7-3-4-8-25(24)33-30(37)32-20-9-10-26-22(13-20)23-14-21(38-27(17-35)29(23)39-26)15-28(36)34-12-11-18-5-1-2-6-19(18)16-34/h1-10,13,21,23,27,29,35H,11-12,14-17H2,(H2,32,33,37)/t21-,23+,27+,29-/m1/s1. The molecule has 4 atom stereocenters. The number of para-hydroxylation sites is 1. The van der Waals surface area contributed by atoms with Gasteiger partial charge in [0.25, 0.3) is 0 Å². The van der Waals surface area contributed by atoms with Crippen molar-refractivity contribution in [1.29, 1.82) is 0 Å². The topological polar surface area (TPSA) is 100 Å². The van der Waals surface area contributed by atoms with Crippen molar-refractivity contribution in [3.63, 3.8) is 0 Å². The first-order valence-corrected chi connectivity index (χ1v) is 13.2. The minimum atomic E-state index is -0.572. The number of hydrogen-bond donors (Lipinski definition) is 3. The molecule has 3 aliphatic rings. The van der Waals surface area contributed by atoms with Gasteiger partial charge in [-0.3, -0.25) is 4.79 Å². The van der Waals surface area contributed by atoms with Gasteiger partial charge in [0.15, 0.2) is 0 Å². The molecular formula is C30H30FN3O5. The summed E-state index contributed by atoms with van der Waals surface area (Å²) in [5, 5.41) is 15.3. The van der Waals surface area contributed by atoms with Crippen molar-refractivity contribution in [2.45, 2.75) is 50.0 Å². The molecular weight excluding hydrogens is 501 g/mol. The van der Waals surface area contributed by atoms with Crippen LogP contribution in [0.15, 0.2) is 66.7 Å². The van der Waals surface area contributed by atoms with E-state index in [1.807, 2.05) is 23.1 Å². The molecule has 6 rings (SSSR count). The first-order chi connectivity index (χ1) is 19.0. The molecule has 3 aromatic rings. The molecule has 0 aromatic heterocycles. The summed E-state index contributed by atoms with van der Waals surface area (Å²) in [4.78, 5) is 27.6. The van der Waals surface area contributed by atoms with Gasteiger partial charge >= 0.3 is 6.03 Å². The van der Waals surface area contributed by atoms with Gasteiger partial charge in [-0.1, -0.05) is 36.4 Å². The Bertz CT molecular complexity index is 1400. The summed E-state index contributed by atoms with van der Waals surface area (Å²) in [6, 6.07) is 18.9. The quantitative estimate of drug-likeness (QED) is 0.452. The van der Waals surface area contributed by atoms with Gasteiger partial charge in [0.05, 0.1) is 24.8 Å². The van der Waals surface area contributed by atoms with Gasteiger partial charge in [0.2, 0.25) is 5.91 Å². The van der Waals surface area contributed by atoms with E-state index in [4.69, 9.17) is 9.47 Å². The number of carbonyl (C=O) groups is 2. The van der Waals surface area contributed by atoms with Crippen molar-refractivity contribution in [3.8, 4) is 5.75 Å². The number of nitrogens with zero attached hydrogens (tertiary/aromatic N) is 1. The lowest BCUT2D eigenvalue weighted by molar-refractivity contribution is -0.149. The number of anilines is 2. The maximum atomic E-state index is 13.9. The highest BCUT2D eigenvalue weighted by Gasteiger charge is 2.46. The highest BCUT2D eigenvalue weighted by atomic mass is 19.1. The average molecular weight is 532 g/mol. The molecule has 3 heterocycles. The number of aliphatic hydroxyl groups is 1. The van der Waals surface area contributed by atoms with Gasteiger partial charge in [0, 0.05) is 30.3 Å². The Hall–Kier alpha value is -3.95. The lowest BCUT2D eigenvalue weighted by Crippen LogP contribution is -2.48. The Kier molecular flexibility index (Phi) is 6.93. The monoisotopic (exact) mass is 531 g/mol. The highest BCUT2D eigenvalue weighted by molar-refractivity contribution is 6.00. The summed E-state index contributed by atoms with van der Waals surface area (Å²) >= 11 is 0. The van der Waals surface area contributed by atoms with E-state index < -0.39 is 18.0 Å². The smallest absolute Gasteiger partial charge is 0.323 e. The number of fused-ring (bicyclic) bond motifs is 4. The molecule has 0 radical (unpaired) electrons. The maximum absolute atomic E-state index is 13.9. The van der Waals surface area contributed by atoms with Crippen LogP contribution in [0.4, 0.5) is 20.6 Å². The SMILES string of the molecule is O=C(Nc1ccc2c(c1)[C@@H]1C[C@H](CC(=O)N3CCc4ccccc4C3)O[C@@H](CO)[C@@H]1O2)Nc1ccccc1F. The van der Waals surface area contributed by atoms with Crippen LogP contribution in [-0.2, 0) is 22.5 Å². The maximum Gasteiger partial charge on any atom is 0.323 e. The predicted molar refractivity (Wildman–Crippen MR) is 143 cm³/mol. The number of carbonyl (C=O) groups excluding carboxylic acids is 2. The summed E-state index contributed by atoms with van der Waals surface area (Å²) in [5.41, 5.74) is 3.95. The third-order valence-corrected chi connectivity index (χ3v) is 7.76. The molecule has 3 N–H and O–H groups in total. The molecule has 39 heavy (non-hydrogen) atoms. The average Bonchev–Trinajstić information content (AvgIpc) is 3.31. The van der Waals surface area contributed by atoms with E-state index in [0.29, 0.717) is 30.9 Å². The molecule has 0 unspecified atom stereocenters. The van der Waals surface area contributed by atoms with E-state index in [1.54, 1.807) is 24.3 Å². The van der Waals surface area contributed by atoms with Crippen LogP contribution in [0.3, 0.4) is 0 Å². The number of rotatable bonds is 5. The third-order valence-electron chi connectivity index (χ3n) is 7.76. The molecule has 202 valence electrons. The molecule has 0 aliphatic carbocycles. The first-order valence-electron chi connectivity index (χ1n) is 13.2. The van der Waals surface area contributed by atoms with Gasteiger partial charge in [-0.05, 0) is 54.3 Å². The van der Waals surface area contributed by atoms with Gasteiger partial charge in [-0.15, -0.1) is 0 Å². The lowest BCUT2D eigenvalue weighted by Gasteiger charge is -2.38. The fourth-order valence-corrected chi connectivity index (χ4v) is 5.85. The van der Waals surface area contributed by atoms with Crippen molar-refractivity contribution in [1.82, 2.24) is 4.90 Å². The Morgan fingerprint density at radius 1 is 1.03 bits per heavy atom. The number of amides is 3. The Labute approximate surface area is 225 Å². The second-order valence-corrected chi connectivity index (χ2v) is 10.3. The summed E-state index contributed by atoms with van der Waals surface area (Å²) in [7, 11) is 0. The zero-order valence-electron chi connectivity index (χ0n) is 21.3. The summed E-state index contributed by atoms with van der Waals surface area (Å²) in [5.74, 6) is 0.0577. The fraction of sp³-hybridized carbons (Fsp3) is 0.333. The van der Waals surface area contributed by atoms with Crippen LogP contribution < -0.4 is 15.4 Å². The van der Waals surface area contributed by atoms with Crippen LogP contribution in [-0.4, -0.2) is 53.4 Å². The van der Waals surface area contributed by atoms with Gasteiger partial charge < -0.3 is 30.1 Å². The Morgan fingerprint density at radius 3 is 2.64 bits per heavy atom. The number of nitrogens with one attached hydrogen (secondary N) is 2. The van der Waals surface area contributed by atoms with Crippen molar-refractivity contribution < 1.29 is 28.6 Å². The van der Waals surface area contributed by atoms with E-state index in [2.05, 4.69) is 22.8 Å². The van der Waals surface area contributed by atoms with Crippen LogP contribution in [0.2, 0.25) is 0 Å². The molecule has 9 heteroatoms. The zero-order chi connectivity index (χ0) is 26.9. The molecule has 3 amide bonds. The van der Waals surface area contributed by atoms with Crippen LogP contribution in [0.25, 0.3) is 0 Å². The number of ether oxygens (including phenoxy) is 2. The van der Waals surface area contributed by atoms with E-state index >= 15 is 0 Å². The lowest BCUT2D eigenvalue weighted by atomic mass is 9.84. The predicted octanol–water partition coefficient (Wildman–Crippen LogP) is 4.44. The Balaban J connectivity index is 1.14. The number of urea groups is 1. The zero-order valence-corrected chi connectivity index (χ0v) is 21.3. The van der Waals surface area contributed by atoms with Crippen molar-refractivity contribution in [3.05, 3.63) is 89.2 Å². The molecule has 1 saturated heterocycles.